The molecule has 3 aromatic rings. The molecule has 0 saturated carbocycles. The van der Waals surface area contributed by atoms with E-state index in [2.05, 4.69) is 36.4 Å². The predicted molar refractivity (Wildman–Crippen MR) is 111 cm³/mol. The molecule has 0 saturated heterocycles. The number of pyridine rings is 1. The molecular formula is C22H26N4O2. The molecule has 0 unspecified atom stereocenters. The van der Waals surface area contributed by atoms with Crippen LogP contribution in [-0.2, 0) is 5.41 Å². The molecule has 0 spiro atoms. The number of nitrogens with zero attached hydrogens (tertiary/aromatic N) is 2. The summed E-state index contributed by atoms with van der Waals surface area (Å²) < 4.78 is 1.64. The molecule has 0 aliphatic rings. The van der Waals surface area contributed by atoms with Crippen LogP contribution in [0.4, 0.5) is 5.69 Å². The summed E-state index contributed by atoms with van der Waals surface area (Å²) in [6.07, 6.45) is 2.56. The highest BCUT2D eigenvalue weighted by atomic mass is 16.2. The molecule has 0 atom stereocenters. The molecule has 0 aliphatic carbocycles. The van der Waals surface area contributed by atoms with Gasteiger partial charge in [0.2, 0.25) is 5.82 Å². The summed E-state index contributed by atoms with van der Waals surface area (Å²) in [6.45, 7) is 8.96. The van der Waals surface area contributed by atoms with Gasteiger partial charge in [0.25, 0.3) is 11.8 Å². The third kappa shape index (κ3) is 4.06. The number of aromatic nitrogens is 2. The SMILES string of the molecule is CCCNC(=O)c1nc(C(=O)Nc2ccc(C(C)(C)C)cc2)c2ccccn12. The van der Waals surface area contributed by atoms with Crippen molar-refractivity contribution in [2.75, 3.05) is 11.9 Å². The van der Waals surface area contributed by atoms with Crippen molar-refractivity contribution in [1.29, 1.82) is 0 Å². The van der Waals surface area contributed by atoms with Gasteiger partial charge >= 0.3 is 0 Å². The van der Waals surface area contributed by atoms with E-state index in [4.69, 9.17) is 0 Å². The fourth-order valence-corrected chi connectivity index (χ4v) is 2.93. The zero-order valence-corrected chi connectivity index (χ0v) is 16.7. The maximum atomic E-state index is 12.8. The summed E-state index contributed by atoms with van der Waals surface area (Å²) in [5, 5.41) is 5.69. The Morgan fingerprint density at radius 1 is 1.04 bits per heavy atom. The van der Waals surface area contributed by atoms with E-state index in [1.807, 2.05) is 37.3 Å². The number of amides is 2. The molecule has 2 heterocycles. The first-order valence-electron chi connectivity index (χ1n) is 9.48. The number of carbonyl (C=O) groups is 2. The summed E-state index contributed by atoms with van der Waals surface area (Å²) in [5.41, 5.74) is 2.73. The molecule has 0 fully saturated rings. The molecule has 146 valence electrons. The van der Waals surface area contributed by atoms with Crippen molar-refractivity contribution in [3.63, 3.8) is 0 Å². The molecule has 2 aromatic heterocycles. The first-order chi connectivity index (χ1) is 13.3. The average molecular weight is 378 g/mol. The Hall–Kier alpha value is -3.15. The Labute approximate surface area is 165 Å². The van der Waals surface area contributed by atoms with Gasteiger partial charge in [0.1, 0.15) is 0 Å². The van der Waals surface area contributed by atoms with E-state index < -0.39 is 0 Å². The van der Waals surface area contributed by atoms with Gasteiger partial charge < -0.3 is 10.6 Å². The summed E-state index contributed by atoms with van der Waals surface area (Å²) in [7, 11) is 0. The van der Waals surface area contributed by atoms with Crippen LogP contribution in [0, 0.1) is 0 Å². The van der Waals surface area contributed by atoms with Gasteiger partial charge in [-0.05, 0) is 41.7 Å². The number of anilines is 1. The van der Waals surface area contributed by atoms with Gasteiger partial charge in [-0.15, -0.1) is 0 Å². The van der Waals surface area contributed by atoms with Crippen LogP contribution < -0.4 is 10.6 Å². The monoisotopic (exact) mass is 378 g/mol. The highest BCUT2D eigenvalue weighted by Crippen LogP contribution is 2.24. The second-order valence-corrected chi connectivity index (χ2v) is 7.78. The van der Waals surface area contributed by atoms with Crippen LogP contribution >= 0.6 is 0 Å². The minimum atomic E-state index is -0.346. The van der Waals surface area contributed by atoms with Crippen LogP contribution in [0.3, 0.4) is 0 Å². The van der Waals surface area contributed by atoms with Gasteiger partial charge in [-0.3, -0.25) is 14.0 Å². The first-order valence-corrected chi connectivity index (χ1v) is 9.48. The molecule has 0 bridgehead atoms. The summed E-state index contributed by atoms with van der Waals surface area (Å²) in [4.78, 5) is 29.6. The molecular weight excluding hydrogens is 352 g/mol. The minimum Gasteiger partial charge on any atom is -0.349 e. The Morgan fingerprint density at radius 3 is 2.39 bits per heavy atom. The van der Waals surface area contributed by atoms with Crippen LogP contribution in [0.2, 0.25) is 0 Å². The summed E-state index contributed by atoms with van der Waals surface area (Å²) >= 11 is 0. The fourth-order valence-electron chi connectivity index (χ4n) is 2.93. The molecule has 1 aromatic carbocycles. The number of hydrogen-bond donors (Lipinski definition) is 2. The maximum absolute atomic E-state index is 12.8. The van der Waals surface area contributed by atoms with Crippen molar-refractivity contribution in [3.05, 3.63) is 65.7 Å². The van der Waals surface area contributed by atoms with E-state index >= 15 is 0 Å². The van der Waals surface area contributed by atoms with Crippen LogP contribution in [0.15, 0.2) is 48.7 Å². The molecule has 6 heteroatoms. The third-order valence-electron chi connectivity index (χ3n) is 4.51. The number of fused-ring (bicyclic) bond motifs is 1. The predicted octanol–water partition coefficient (Wildman–Crippen LogP) is 4.02. The van der Waals surface area contributed by atoms with E-state index in [0.29, 0.717) is 17.7 Å². The molecule has 3 rings (SSSR count). The highest BCUT2D eigenvalue weighted by molar-refractivity contribution is 6.08. The Kier molecular flexibility index (Phi) is 5.49. The minimum absolute atomic E-state index is 0.0450. The molecule has 6 nitrogen and oxygen atoms in total. The highest BCUT2D eigenvalue weighted by Gasteiger charge is 2.21. The van der Waals surface area contributed by atoms with Gasteiger partial charge in [0.15, 0.2) is 5.69 Å². The van der Waals surface area contributed by atoms with E-state index in [0.717, 1.165) is 6.42 Å². The zero-order chi connectivity index (χ0) is 20.3. The molecule has 28 heavy (non-hydrogen) atoms. The Balaban J connectivity index is 1.88. The second kappa shape index (κ2) is 7.84. The van der Waals surface area contributed by atoms with E-state index in [-0.39, 0.29) is 28.7 Å². The van der Waals surface area contributed by atoms with E-state index in [1.54, 1.807) is 22.7 Å². The lowest BCUT2D eigenvalue weighted by molar-refractivity contribution is 0.0942. The number of nitrogens with one attached hydrogen (secondary N) is 2. The van der Waals surface area contributed by atoms with Gasteiger partial charge in [-0.2, -0.15) is 0 Å². The van der Waals surface area contributed by atoms with Crippen molar-refractivity contribution in [1.82, 2.24) is 14.7 Å². The number of rotatable bonds is 5. The largest absolute Gasteiger partial charge is 0.349 e. The topological polar surface area (TPSA) is 75.5 Å². The van der Waals surface area contributed by atoms with E-state index in [9.17, 15) is 9.59 Å². The van der Waals surface area contributed by atoms with Gasteiger partial charge in [0.05, 0.1) is 5.52 Å². The van der Waals surface area contributed by atoms with Gasteiger partial charge in [-0.25, -0.2) is 4.98 Å². The molecule has 2 N–H and O–H groups in total. The maximum Gasteiger partial charge on any atom is 0.287 e. The molecule has 0 aliphatic heterocycles. The summed E-state index contributed by atoms with van der Waals surface area (Å²) in [5.74, 6) is -0.435. The number of hydrogen-bond acceptors (Lipinski definition) is 3. The second-order valence-electron chi connectivity index (χ2n) is 7.78. The normalized spacial score (nSPS) is 11.4. The van der Waals surface area contributed by atoms with Crippen molar-refractivity contribution < 1.29 is 9.59 Å². The van der Waals surface area contributed by atoms with Gasteiger partial charge in [0, 0.05) is 18.4 Å². The van der Waals surface area contributed by atoms with Crippen molar-refractivity contribution in [2.24, 2.45) is 0 Å². The molecule has 2 amide bonds. The van der Waals surface area contributed by atoms with Gasteiger partial charge in [-0.1, -0.05) is 45.9 Å². The summed E-state index contributed by atoms with van der Waals surface area (Å²) in [6, 6.07) is 13.2. The van der Waals surface area contributed by atoms with Crippen molar-refractivity contribution >= 4 is 23.0 Å². The average Bonchev–Trinajstić information content (AvgIpc) is 3.06. The number of benzene rings is 1. The lowest BCUT2D eigenvalue weighted by atomic mass is 9.87. The van der Waals surface area contributed by atoms with Crippen LogP contribution in [0.1, 0.15) is 60.8 Å². The van der Waals surface area contributed by atoms with Crippen molar-refractivity contribution in [2.45, 2.75) is 39.5 Å². The zero-order valence-electron chi connectivity index (χ0n) is 16.7. The quantitative estimate of drug-likeness (QED) is 0.704. The first kappa shape index (κ1) is 19.6. The third-order valence-corrected chi connectivity index (χ3v) is 4.51. The Bertz CT molecular complexity index is 998. The van der Waals surface area contributed by atoms with Crippen LogP contribution in [0.5, 0.6) is 0 Å². The lowest BCUT2D eigenvalue weighted by Gasteiger charge is -2.19. The van der Waals surface area contributed by atoms with Crippen LogP contribution in [0.25, 0.3) is 5.52 Å². The fraction of sp³-hybridized carbons (Fsp3) is 0.318. The van der Waals surface area contributed by atoms with Crippen LogP contribution in [-0.4, -0.2) is 27.7 Å². The smallest absolute Gasteiger partial charge is 0.287 e. The standard InChI is InChI=1S/C22H26N4O2/c1-5-13-23-21(28)19-25-18(17-8-6-7-14-26(17)19)20(27)24-16-11-9-15(10-12-16)22(2,3)4/h6-12,14H,5,13H2,1-4H3,(H,23,28)(H,24,27). The number of carbonyl (C=O) groups excluding carboxylic acids is 2. The lowest BCUT2D eigenvalue weighted by Crippen LogP contribution is -2.26. The number of imidazole rings is 1. The van der Waals surface area contributed by atoms with E-state index in [1.165, 1.54) is 5.56 Å². The Morgan fingerprint density at radius 2 is 1.75 bits per heavy atom. The molecule has 0 radical (unpaired) electrons. The van der Waals surface area contributed by atoms with Crippen molar-refractivity contribution in [3.8, 4) is 0 Å².